The molecule has 0 aromatic carbocycles. The number of ether oxygens (including phenoxy) is 2. The van der Waals surface area contributed by atoms with E-state index in [1.165, 1.54) is 25.0 Å². The fourth-order valence-electron chi connectivity index (χ4n) is 8.01. The number of ketones is 2. The van der Waals surface area contributed by atoms with E-state index in [1.54, 1.807) is 33.8 Å². The van der Waals surface area contributed by atoms with Crippen LogP contribution in [0.25, 0.3) is 0 Å². The molecule has 40 heavy (non-hydrogen) atoms. The van der Waals surface area contributed by atoms with E-state index in [0.717, 1.165) is 0 Å². The van der Waals surface area contributed by atoms with Gasteiger partial charge in [0.25, 0.3) is 0 Å². The Hall–Kier alpha value is -2.35. The molecule has 4 unspecified atom stereocenters. The summed E-state index contributed by atoms with van der Waals surface area (Å²) < 4.78 is 28.5. The molecular weight excluding hydrogens is 515 g/mol. The summed E-state index contributed by atoms with van der Waals surface area (Å²) in [5.74, 6) is -3.31. The van der Waals surface area contributed by atoms with Gasteiger partial charge in [-0.2, -0.15) is 0 Å². The van der Waals surface area contributed by atoms with Crippen LogP contribution in [0, 0.1) is 28.6 Å². The molecule has 4 rings (SSSR count). The minimum atomic E-state index is -2.05. The van der Waals surface area contributed by atoms with E-state index in [9.17, 15) is 24.3 Å². The van der Waals surface area contributed by atoms with Crippen LogP contribution in [0.15, 0.2) is 23.8 Å². The highest BCUT2D eigenvalue weighted by Crippen LogP contribution is 2.71. The monoisotopic (exact) mass is 562 g/mol. The van der Waals surface area contributed by atoms with Crippen molar-refractivity contribution in [2.75, 3.05) is 6.61 Å². The number of hydrogen-bond acceptors (Lipinski definition) is 7. The molecule has 8 heteroatoms. The molecule has 4 aliphatic rings. The molecule has 3 saturated carbocycles. The fourth-order valence-corrected chi connectivity index (χ4v) is 8.01. The average Bonchev–Trinajstić information content (AvgIpc) is 3.14. The lowest BCUT2D eigenvalue weighted by Gasteiger charge is -2.62. The zero-order chi connectivity index (χ0) is 30.1. The van der Waals surface area contributed by atoms with Crippen LogP contribution in [0.3, 0.4) is 0 Å². The van der Waals surface area contributed by atoms with Crippen molar-refractivity contribution in [3.63, 3.8) is 0 Å². The van der Waals surface area contributed by atoms with Crippen LogP contribution in [-0.2, 0) is 28.7 Å². The van der Waals surface area contributed by atoms with E-state index in [2.05, 4.69) is 13.8 Å². The van der Waals surface area contributed by atoms with Crippen molar-refractivity contribution in [2.45, 2.75) is 117 Å². The van der Waals surface area contributed by atoms with E-state index in [1.807, 2.05) is 6.92 Å². The standard InChI is InChI=1S/C28H37FO7.C4H10/c1-6-23(33)35-15-22(32)28(36-24(34)7-2)16(3)12-20-19-9-8-17-13-18(30)10-11-25(17,4)27(19,29)21(31)14-26(20,28)5;1-3-4-2/h10-11,13,16,19-21,31H,6-9,12,14-15H2,1-5H3;3-4H2,1-2H3/t16?,19?,20-,21-,25?,26?,27-,28-;/m0./s1. The Kier molecular flexibility index (Phi) is 9.54. The lowest BCUT2D eigenvalue weighted by atomic mass is 9.44. The van der Waals surface area contributed by atoms with Gasteiger partial charge in [-0.1, -0.05) is 66.0 Å². The third-order valence-electron chi connectivity index (χ3n) is 10.3. The highest BCUT2D eigenvalue weighted by Gasteiger charge is 2.77. The normalized spacial score (nSPS) is 39.5. The highest BCUT2D eigenvalue weighted by atomic mass is 19.1. The van der Waals surface area contributed by atoms with E-state index in [4.69, 9.17) is 9.47 Å². The minimum absolute atomic E-state index is 0.0430. The molecule has 0 saturated heterocycles. The van der Waals surface area contributed by atoms with Crippen molar-refractivity contribution < 1.29 is 38.1 Å². The molecule has 4 aliphatic carbocycles. The number of fused-ring (bicyclic) bond motifs is 5. The number of carbonyl (C=O) groups is 4. The van der Waals surface area contributed by atoms with Crippen molar-refractivity contribution in [1.82, 2.24) is 0 Å². The Labute approximate surface area is 237 Å². The molecule has 3 fully saturated rings. The number of alkyl halides is 1. The number of unbranched alkanes of at least 4 members (excludes halogenated alkanes) is 1. The summed E-state index contributed by atoms with van der Waals surface area (Å²) in [4.78, 5) is 50.3. The van der Waals surface area contributed by atoms with Crippen molar-refractivity contribution in [3.05, 3.63) is 23.8 Å². The van der Waals surface area contributed by atoms with Gasteiger partial charge < -0.3 is 14.6 Å². The third-order valence-corrected chi connectivity index (χ3v) is 10.3. The van der Waals surface area contributed by atoms with Crippen molar-refractivity contribution in [3.8, 4) is 0 Å². The van der Waals surface area contributed by atoms with Crippen LogP contribution in [0.1, 0.15) is 99.8 Å². The molecule has 0 spiro atoms. The number of aliphatic hydroxyl groups is 1. The van der Waals surface area contributed by atoms with E-state index >= 15 is 4.39 Å². The summed E-state index contributed by atoms with van der Waals surface area (Å²) in [5, 5.41) is 11.5. The second kappa shape index (κ2) is 11.9. The predicted molar refractivity (Wildman–Crippen MR) is 149 cm³/mol. The van der Waals surface area contributed by atoms with E-state index in [0.29, 0.717) is 24.8 Å². The second-order valence-electron chi connectivity index (χ2n) is 12.4. The Balaban J connectivity index is 0.00000103. The van der Waals surface area contributed by atoms with Gasteiger partial charge in [-0.15, -0.1) is 0 Å². The van der Waals surface area contributed by atoms with E-state index in [-0.39, 0.29) is 31.0 Å². The number of carbonyl (C=O) groups excluding carboxylic acids is 4. The van der Waals surface area contributed by atoms with Crippen LogP contribution in [0.2, 0.25) is 0 Å². The van der Waals surface area contributed by atoms with Gasteiger partial charge in [-0.05, 0) is 50.7 Å². The fraction of sp³-hybridized carbons (Fsp3) is 0.750. The second-order valence-corrected chi connectivity index (χ2v) is 12.4. The lowest BCUT2D eigenvalue weighted by Crippen LogP contribution is -2.70. The predicted octanol–water partition coefficient (Wildman–Crippen LogP) is 5.62. The molecule has 224 valence electrons. The summed E-state index contributed by atoms with van der Waals surface area (Å²) in [6.45, 7) is 12.4. The quantitative estimate of drug-likeness (QED) is 0.401. The van der Waals surface area contributed by atoms with E-state index < -0.39 is 64.4 Å². The van der Waals surface area contributed by atoms with Crippen LogP contribution >= 0.6 is 0 Å². The molecule has 7 nitrogen and oxygen atoms in total. The van der Waals surface area contributed by atoms with Crippen molar-refractivity contribution in [1.29, 1.82) is 0 Å². The largest absolute Gasteiger partial charge is 0.457 e. The van der Waals surface area contributed by atoms with Crippen molar-refractivity contribution >= 4 is 23.5 Å². The molecule has 0 aromatic heterocycles. The summed E-state index contributed by atoms with van der Waals surface area (Å²) >= 11 is 0. The average molecular weight is 563 g/mol. The minimum Gasteiger partial charge on any atom is -0.457 e. The number of hydrogen-bond donors (Lipinski definition) is 1. The molecule has 0 aliphatic heterocycles. The molecule has 8 atom stereocenters. The van der Waals surface area contributed by atoms with Crippen LogP contribution in [0.5, 0.6) is 0 Å². The van der Waals surface area contributed by atoms with Gasteiger partial charge in [0, 0.05) is 35.5 Å². The SMILES string of the molecule is CCC(=O)OCC(=O)[C@@]1(OC(=O)CC)C(C)C[C@H]2C3CCC4=CC(=O)C=CC4(C)[C@@]3(F)[C@@H](O)CC21C.CCCC. The number of allylic oxidation sites excluding steroid dienone is 4. The first-order valence-electron chi connectivity index (χ1n) is 14.9. The Morgan fingerprint density at radius 1 is 1.05 bits per heavy atom. The number of aliphatic hydroxyl groups excluding tert-OH is 1. The highest BCUT2D eigenvalue weighted by molar-refractivity contribution is 6.01. The van der Waals surface area contributed by atoms with Gasteiger partial charge in [-0.25, -0.2) is 4.39 Å². The van der Waals surface area contributed by atoms with Crippen molar-refractivity contribution in [2.24, 2.45) is 28.6 Å². The number of halogens is 1. The summed E-state index contributed by atoms with van der Waals surface area (Å²) in [5.41, 5.74) is -5.26. The van der Waals surface area contributed by atoms with Gasteiger partial charge in [0.1, 0.15) is 0 Å². The van der Waals surface area contributed by atoms with Crippen LogP contribution in [0.4, 0.5) is 4.39 Å². The molecule has 1 N–H and O–H groups in total. The maximum atomic E-state index is 17.4. The zero-order valence-corrected chi connectivity index (χ0v) is 25.2. The van der Waals surface area contributed by atoms with Crippen LogP contribution in [-0.4, -0.2) is 52.6 Å². The van der Waals surface area contributed by atoms with Gasteiger partial charge in [0.2, 0.25) is 5.78 Å². The molecular formula is C32H47FO7. The molecule has 0 aromatic rings. The third kappa shape index (κ3) is 4.78. The number of Topliss-reactive ketones (excluding diaryl/α,β-unsaturated/α-hetero) is 1. The van der Waals surface area contributed by atoms with Crippen LogP contribution < -0.4 is 0 Å². The smallest absolute Gasteiger partial charge is 0.306 e. The van der Waals surface area contributed by atoms with Gasteiger partial charge in [0.05, 0.1) is 6.10 Å². The summed E-state index contributed by atoms with van der Waals surface area (Å²) in [7, 11) is 0. The number of esters is 2. The molecule has 0 bridgehead atoms. The Bertz CT molecular complexity index is 1080. The molecule has 0 heterocycles. The zero-order valence-electron chi connectivity index (χ0n) is 25.2. The summed E-state index contributed by atoms with van der Waals surface area (Å²) in [6, 6.07) is 0. The first kappa shape index (κ1) is 32.2. The Morgan fingerprint density at radius 3 is 2.25 bits per heavy atom. The van der Waals surface area contributed by atoms with Gasteiger partial charge >= 0.3 is 11.9 Å². The van der Waals surface area contributed by atoms with Gasteiger partial charge in [0.15, 0.2) is 23.7 Å². The summed E-state index contributed by atoms with van der Waals surface area (Å²) in [6.07, 6.45) is 6.96. The van der Waals surface area contributed by atoms with Gasteiger partial charge in [-0.3, -0.25) is 19.2 Å². The maximum Gasteiger partial charge on any atom is 0.306 e. The Morgan fingerprint density at radius 2 is 1.68 bits per heavy atom. The topological polar surface area (TPSA) is 107 Å². The maximum absolute atomic E-state index is 17.4. The lowest BCUT2D eigenvalue weighted by molar-refractivity contribution is -0.228. The first-order valence-corrected chi connectivity index (χ1v) is 14.9. The molecule has 0 amide bonds. The molecule has 0 radical (unpaired) electrons. The first-order chi connectivity index (χ1) is 18.7. The number of rotatable bonds is 7.